The molecule has 0 aliphatic heterocycles. The van der Waals surface area contributed by atoms with Gasteiger partial charge < -0.3 is 0 Å². The molecule has 0 atom stereocenters. The van der Waals surface area contributed by atoms with Crippen molar-refractivity contribution >= 4 is 12.6 Å². The predicted octanol–water partition coefficient (Wildman–Crippen LogP) is 5.16. The average molecular weight is 290 g/mol. The number of rotatable bonds is 4. The van der Waals surface area contributed by atoms with Crippen LogP contribution in [0.3, 0.4) is 0 Å². The van der Waals surface area contributed by atoms with E-state index in [0.717, 1.165) is 17.7 Å². The van der Waals surface area contributed by atoms with E-state index in [1.807, 2.05) is 0 Å². The summed E-state index contributed by atoms with van der Waals surface area (Å²) in [7, 11) is 0. The Hall–Kier alpha value is -1.99. The topological polar surface area (TPSA) is 0 Å². The molecule has 0 nitrogen and oxygen atoms in total. The first kappa shape index (κ1) is 14.0. The summed E-state index contributed by atoms with van der Waals surface area (Å²) in [5.74, 6) is 0. The molecule has 0 radical (unpaired) electrons. The van der Waals surface area contributed by atoms with Gasteiger partial charge in [0.2, 0.25) is 0 Å². The van der Waals surface area contributed by atoms with Crippen molar-refractivity contribution in [3.63, 3.8) is 0 Å². The lowest BCUT2D eigenvalue weighted by molar-refractivity contribution is 1.05. The van der Waals surface area contributed by atoms with Crippen molar-refractivity contribution in [2.45, 2.75) is 17.7 Å². The lowest BCUT2D eigenvalue weighted by Gasteiger charge is -2.12. The number of hydrogen-bond donors (Lipinski definition) is 1. The van der Waals surface area contributed by atoms with E-state index in [1.54, 1.807) is 0 Å². The van der Waals surface area contributed by atoms with Crippen molar-refractivity contribution in [1.82, 2.24) is 0 Å². The van der Waals surface area contributed by atoms with Crippen LogP contribution in [0.5, 0.6) is 0 Å². The van der Waals surface area contributed by atoms with Crippen LogP contribution in [0.4, 0.5) is 0 Å². The highest BCUT2D eigenvalue weighted by Gasteiger charge is 2.08. The predicted molar refractivity (Wildman–Crippen MR) is 92.2 cm³/mol. The second kappa shape index (κ2) is 6.64. The summed E-state index contributed by atoms with van der Waals surface area (Å²) >= 11 is 4.66. The lowest BCUT2D eigenvalue weighted by atomic mass is 9.95. The van der Waals surface area contributed by atoms with Crippen LogP contribution in [0.1, 0.15) is 22.3 Å². The van der Waals surface area contributed by atoms with E-state index in [2.05, 4.69) is 91.5 Å². The first-order chi connectivity index (χ1) is 10.3. The monoisotopic (exact) mass is 290 g/mol. The third kappa shape index (κ3) is 3.56. The molecule has 0 aromatic heterocycles. The van der Waals surface area contributed by atoms with Gasteiger partial charge in [0, 0.05) is 4.90 Å². The summed E-state index contributed by atoms with van der Waals surface area (Å²) in [5.41, 5.74) is 5.35. The van der Waals surface area contributed by atoms with E-state index in [1.165, 1.54) is 22.3 Å². The standard InChI is InChI=1S/C20H18S/c21-20-13-7-12-18(14-16-8-3-1-4-9-16)19(20)15-17-10-5-2-6-11-17/h1-13,21H,14-15H2. The first-order valence-electron chi connectivity index (χ1n) is 7.20. The summed E-state index contributed by atoms with van der Waals surface area (Å²) in [6.45, 7) is 0. The van der Waals surface area contributed by atoms with Crippen LogP contribution in [-0.4, -0.2) is 0 Å². The fraction of sp³-hybridized carbons (Fsp3) is 0.100. The highest BCUT2D eigenvalue weighted by atomic mass is 32.1. The quantitative estimate of drug-likeness (QED) is 0.631. The third-order valence-electron chi connectivity index (χ3n) is 3.71. The van der Waals surface area contributed by atoms with Gasteiger partial charge in [-0.25, -0.2) is 0 Å². The molecule has 0 N–H and O–H groups in total. The lowest BCUT2D eigenvalue weighted by Crippen LogP contribution is -1.98. The van der Waals surface area contributed by atoms with Crippen LogP contribution in [0.15, 0.2) is 83.8 Å². The molecule has 3 aromatic carbocycles. The van der Waals surface area contributed by atoms with E-state index in [-0.39, 0.29) is 0 Å². The second-order valence-corrected chi connectivity index (χ2v) is 5.72. The van der Waals surface area contributed by atoms with Crippen LogP contribution >= 0.6 is 12.6 Å². The van der Waals surface area contributed by atoms with E-state index in [0.29, 0.717) is 0 Å². The Balaban J connectivity index is 1.92. The molecular weight excluding hydrogens is 272 g/mol. The molecule has 0 unspecified atom stereocenters. The van der Waals surface area contributed by atoms with Crippen molar-refractivity contribution in [2.75, 3.05) is 0 Å². The second-order valence-electron chi connectivity index (χ2n) is 5.24. The van der Waals surface area contributed by atoms with Crippen molar-refractivity contribution < 1.29 is 0 Å². The molecule has 0 saturated carbocycles. The van der Waals surface area contributed by atoms with Gasteiger partial charge in [-0.2, -0.15) is 0 Å². The maximum Gasteiger partial charge on any atom is 0.00782 e. The summed E-state index contributed by atoms with van der Waals surface area (Å²) in [6.07, 6.45) is 1.89. The highest BCUT2D eigenvalue weighted by Crippen LogP contribution is 2.24. The Morgan fingerprint density at radius 3 is 1.76 bits per heavy atom. The SMILES string of the molecule is Sc1cccc(Cc2ccccc2)c1Cc1ccccc1. The van der Waals surface area contributed by atoms with Gasteiger partial charge in [-0.3, -0.25) is 0 Å². The van der Waals surface area contributed by atoms with E-state index < -0.39 is 0 Å². The zero-order chi connectivity index (χ0) is 14.5. The van der Waals surface area contributed by atoms with Gasteiger partial charge in [0.15, 0.2) is 0 Å². The first-order valence-corrected chi connectivity index (χ1v) is 7.65. The molecular formula is C20H18S. The van der Waals surface area contributed by atoms with Gasteiger partial charge in [0.1, 0.15) is 0 Å². The zero-order valence-electron chi connectivity index (χ0n) is 11.9. The molecule has 3 aromatic rings. The van der Waals surface area contributed by atoms with Crippen LogP contribution in [-0.2, 0) is 12.8 Å². The fourth-order valence-electron chi connectivity index (χ4n) is 2.61. The summed E-state index contributed by atoms with van der Waals surface area (Å²) < 4.78 is 0. The van der Waals surface area contributed by atoms with Gasteiger partial charge in [-0.15, -0.1) is 12.6 Å². The summed E-state index contributed by atoms with van der Waals surface area (Å²) in [5, 5.41) is 0. The average Bonchev–Trinajstić information content (AvgIpc) is 2.53. The number of thiol groups is 1. The fourth-order valence-corrected chi connectivity index (χ4v) is 2.92. The normalized spacial score (nSPS) is 10.5. The van der Waals surface area contributed by atoms with Crippen molar-refractivity contribution in [3.8, 4) is 0 Å². The van der Waals surface area contributed by atoms with E-state index >= 15 is 0 Å². The molecule has 0 amide bonds. The van der Waals surface area contributed by atoms with Crippen molar-refractivity contribution in [1.29, 1.82) is 0 Å². The van der Waals surface area contributed by atoms with E-state index in [4.69, 9.17) is 0 Å². The Morgan fingerprint density at radius 2 is 1.14 bits per heavy atom. The smallest absolute Gasteiger partial charge is 0.00782 e. The Labute approximate surface area is 131 Å². The molecule has 0 bridgehead atoms. The van der Waals surface area contributed by atoms with Crippen LogP contribution in [0, 0.1) is 0 Å². The van der Waals surface area contributed by atoms with Crippen LogP contribution in [0.25, 0.3) is 0 Å². The summed E-state index contributed by atoms with van der Waals surface area (Å²) in [4.78, 5) is 1.08. The highest BCUT2D eigenvalue weighted by molar-refractivity contribution is 7.80. The third-order valence-corrected chi connectivity index (χ3v) is 4.13. The van der Waals surface area contributed by atoms with Crippen LogP contribution in [0.2, 0.25) is 0 Å². The molecule has 1 heteroatoms. The molecule has 0 spiro atoms. The number of hydrogen-bond acceptors (Lipinski definition) is 1. The Bertz CT molecular complexity index is 702. The molecule has 21 heavy (non-hydrogen) atoms. The molecule has 0 saturated heterocycles. The largest absolute Gasteiger partial charge is 0.143 e. The van der Waals surface area contributed by atoms with Gasteiger partial charge in [0.05, 0.1) is 0 Å². The number of benzene rings is 3. The van der Waals surface area contributed by atoms with Gasteiger partial charge in [-0.1, -0.05) is 72.8 Å². The van der Waals surface area contributed by atoms with E-state index in [9.17, 15) is 0 Å². The molecule has 3 rings (SSSR count). The maximum absolute atomic E-state index is 4.66. The van der Waals surface area contributed by atoms with Crippen LogP contribution < -0.4 is 0 Å². The maximum atomic E-state index is 4.66. The minimum Gasteiger partial charge on any atom is -0.143 e. The molecule has 104 valence electrons. The van der Waals surface area contributed by atoms with Gasteiger partial charge in [-0.05, 0) is 41.2 Å². The molecule has 0 aliphatic carbocycles. The Morgan fingerprint density at radius 1 is 0.571 bits per heavy atom. The minimum atomic E-state index is 0.933. The zero-order valence-corrected chi connectivity index (χ0v) is 12.8. The van der Waals surface area contributed by atoms with Crippen molar-refractivity contribution in [3.05, 3.63) is 101 Å². The van der Waals surface area contributed by atoms with Crippen molar-refractivity contribution in [2.24, 2.45) is 0 Å². The summed E-state index contributed by atoms with van der Waals surface area (Å²) in [6, 6.07) is 27.6. The van der Waals surface area contributed by atoms with Gasteiger partial charge in [0.25, 0.3) is 0 Å². The molecule has 0 aliphatic rings. The Kier molecular flexibility index (Phi) is 4.42. The van der Waals surface area contributed by atoms with Gasteiger partial charge >= 0.3 is 0 Å². The molecule has 0 heterocycles. The molecule has 0 fully saturated rings. The minimum absolute atomic E-state index is 0.933.